The Hall–Kier alpha value is -0.640. The third kappa shape index (κ3) is 6.51. The van der Waals surface area contributed by atoms with Crippen molar-refractivity contribution < 1.29 is 13.5 Å². The van der Waals surface area contributed by atoms with Crippen LogP contribution in [-0.4, -0.2) is 31.9 Å². The lowest BCUT2D eigenvalue weighted by Gasteiger charge is -2.09. The van der Waals surface area contributed by atoms with Crippen molar-refractivity contribution in [1.82, 2.24) is 4.72 Å². The van der Waals surface area contributed by atoms with Crippen LogP contribution in [0, 0.1) is 11.3 Å². The van der Waals surface area contributed by atoms with Gasteiger partial charge in [-0.05, 0) is 6.42 Å². The molecule has 0 fully saturated rings. The molecular formula is C7H14N2O3S. The van der Waals surface area contributed by atoms with E-state index in [9.17, 15) is 13.5 Å². The summed E-state index contributed by atoms with van der Waals surface area (Å²) < 4.78 is 23.9. The molecule has 6 heteroatoms. The number of nitrogens with one attached hydrogen (secondary N) is 1. The predicted molar refractivity (Wildman–Crippen MR) is 48.3 cm³/mol. The quantitative estimate of drug-likeness (QED) is 0.618. The number of rotatable bonds is 6. The van der Waals surface area contributed by atoms with Crippen LogP contribution in [0.2, 0.25) is 0 Å². The zero-order valence-corrected chi connectivity index (χ0v) is 8.34. The number of hydrogen-bond acceptors (Lipinski definition) is 4. The zero-order valence-electron chi connectivity index (χ0n) is 7.52. The van der Waals surface area contributed by atoms with Gasteiger partial charge in [-0.1, -0.05) is 13.3 Å². The molecule has 0 amide bonds. The lowest BCUT2D eigenvalue weighted by molar-refractivity contribution is 0.167. The van der Waals surface area contributed by atoms with E-state index < -0.39 is 21.9 Å². The molecule has 2 N–H and O–H groups in total. The molecule has 0 aromatic carbocycles. The van der Waals surface area contributed by atoms with Crippen LogP contribution in [0.1, 0.15) is 19.8 Å². The van der Waals surface area contributed by atoms with E-state index in [1.165, 1.54) is 6.07 Å². The summed E-state index contributed by atoms with van der Waals surface area (Å²) >= 11 is 0. The number of hydrogen-bond donors (Lipinski definition) is 2. The molecule has 0 radical (unpaired) electrons. The highest BCUT2D eigenvalue weighted by Crippen LogP contribution is 1.94. The van der Waals surface area contributed by atoms with Crippen LogP contribution in [0.25, 0.3) is 0 Å². The van der Waals surface area contributed by atoms with Crippen LogP contribution in [0.15, 0.2) is 0 Å². The Kier molecular flexibility index (Phi) is 5.62. The largest absolute Gasteiger partial charge is 0.392 e. The second kappa shape index (κ2) is 5.91. The summed E-state index contributed by atoms with van der Waals surface area (Å²) in [5, 5.41) is 17.3. The summed E-state index contributed by atoms with van der Waals surface area (Å²) in [5.41, 5.74) is 0. The van der Waals surface area contributed by atoms with Gasteiger partial charge >= 0.3 is 0 Å². The second-order valence-corrected chi connectivity index (χ2v) is 4.52. The molecule has 13 heavy (non-hydrogen) atoms. The topological polar surface area (TPSA) is 90.2 Å². The molecule has 0 bridgehead atoms. The summed E-state index contributed by atoms with van der Waals surface area (Å²) in [6.45, 7) is 1.88. The highest BCUT2D eigenvalue weighted by Gasteiger charge is 2.11. The fourth-order valence-electron chi connectivity index (χ4n) is 0.794. The highest BCUT2D eigenvalue weighted by atomic mass is 32.2. The lowest BCUT2D eigenvalue weighted by atomic mass is 10.2. The lowest BCUT2D eigenvalue weighted by Crippen LogP contribution is -2.33. The van der Waals surface area contributed by atoms with Gasteiger partial charge in [0.15, 0.2) is 5.75 Å². The minimum atomic E-state index is -3.52. The van der Waals surface area contributed by atoms with E-state index in [1.54, 1.807) is 0 Å². The van der Waals surface area contributed by atoms with Crippen molar-refractivity contribution in [2.45, 2.75) is 25.9 Å². The van der Waals surface area contributed by atoms with Crippen molar-refractivity contribution >= 4 is 10.0 Å². The van der Waals surface area contributed by atoms with E-state index in [0.29, 0.717) is 6.42 Å². The fraction of sp³-hybridized carbons (Fsp3) is 0.857. The first-order chi connectivity index (χ1) is 6.02. The molecule has 0 spiro atoms. The average Bonchev–Trinajstić information content (AvgIpc) is 2.02. The molecule has 0 aliphatic rings. The summed E-state index contributed by atoms with van der Waals surface area (Å²) in [6.07, 6.45) is 0.675. The number of nitrogens with zero attached hydrogens (tertiary/aromatic N) is 1. The standard InChI is InChI=1S/C7H14N2O3S/c1-2-3-7(10)6-9-13(11,12)5-4-8/h7,9-10H,2-3,5-6H2,1H3. The van der Waals surface area contributed by atoms with Crippen LogP contribution in [0.5, 0.6) is 0 Å². The first kappa shape index (κ1) is 12.4. The molecule has 0 saturated heterocycles. The molecule has 76 valence electrons. The van der Waals surface area contributed by atoms with Crippen LogP contribution in [-0.2, 0) is 10.0 Å². The fourth-order valence-corrected chi connectivity index (χ4v) is 1.51. The minimum Gasteiger partial charge on any atom is -0.392 e. The van der Waals surface area contributed by atoms with Gasteiger partial charge in [0.05, 0.1) is 12.2 Å². The van der Waals surface area contributed by atoms with Gasteiger partial charge in [0, 0.05) is 6.54 Å². The van der Waals surface area contributed by atoms with Gasteiger partial charge in [-0.15, -0.1) is 0 Å². The van der Waals surface area contributed by atoms with Crippen LogP contribution < -0.4 is 4.72 Å². The maximum absolute atomic E-state index is 10.9. The van der Waals surface area contributed by atoms with E-state index in [1.807, 2.05) is 6.92 Å². The molecule has 0 saturated carbocycles. The van der Waals surface area contributed by atoms with E-state index in [-0.39, 0.29) is 6.54 Å². The Morgan fingerprint density at radius 1 is 1.62 bits per heavy atom. The van der Waals surface area contributed by atoms with Gasteiger partial charge in [-0.3, -0.25) is 0 Å². The van der Waals surface area contributed by atoms with Crippen LogP contribution >= 0.6 is 0 Å². The summed E-state index contributed by atoms with van der Waals surface area (Å²) in [6, 6.07) is 1.53. The SMILES string of the molecule is CCCC(O)CNS(=O)(=O)CC#N. The third-order valence-corrected chi connectivity index (χ3v) is 2.53. The number of aliphatic hydroxyl groups excluding tert-OH is 1. The number of aliphatic hydroxyl groups is 1. The second-order valence-electron chi connectivity index (χ2n) is 2.71. The Balaban J connectivity index is 3.82. The Morgan fingerprint density at radius 3 is 2.69 bits per heavy atom. The first-order valence-corrected chi connectivity index (χ1v) is 5.69. The van der Waals surface area contributed by atoms with Gasteiger partial charge in [-0.25, -0.2) is 13.1 Å². The Bertz CT molecular complexity index is 268. The highest BCUT2D eigenvalue weighted by molar-refractivity contribution is 7.89. The zero-order chi connectivity index (χ0) is 10.3. The molecule has 0 aromatic rings. The van der Waals surface area contributed by atoms with E-state index in [4.69, 9.17) is 5.26 Å². The average molecular weight is 206 g/mol. The Morgan fingerprint density at radius 2 is 2.23 bits per heavy atom. The number of nitriles is 1. The predicted octanol–water partition coefficient (Wildman–Crippen LogP) is -0.410. The van der Waals surface area contributed by atoms with Crippen molar-refractivity contribution in [3.05, 3.63) is 0 Å². The minimum absolute atomic E-state index is 0.0160. The third-order valence-electron chi connectivity index (χ3n) is 1.42. The summed E-state index contributed by atoms with van der Waals surface area (Å²) in [7, 11) is -3.52. The van der Waals surface area contributed by atoms with Crippen molar-refractivity contribution in [1.29, 1.82) is 5.26 Å². The molecular weight excluding hydrogens is 192 g/mol. The van der Waals surface area contributed by atoms with Gasteiger partial charge in [0.1, 0.15) is 0 Å². The molecule has 0 aliphatic carbocycles. The van der Waals surface area contributed by atoms with Crippen molar-refractivity contribution in [3.8, 4) is 6.07 Å². The van der Waals surface area contributed by atoms with Crippen molar-refractivity contribution in [2.24, 2.45) is 0 Å². The molecule has 0 aromatic heterocycles. The van der Waals surface area contributed by atoms with Gasteiger partial charge in [-0.2, -0.15) is 5.26 Å². The maximum atomic E-state index is 10.9. The van der Waals surface area contributed by atoms with E-state index >= 15 is 0 Å². The summed E-state index contributed by atoms with van der Waals surface area (Å²) in [4.78, 5) is 0. The van der Waals surface area contributed by atoms with E-state index in [2.05, 4.69) is 4.72 Å². The Labute approximate surface area is 78.4 Å². The first-order valence-electron chi connectivity index (χ1n) is 4.04. The molecule has 0 aliphatic heterocycles. The monoisotopic (exact) mass is 206 g/mol. The van der Waals surface area contributed by atoms with Gasteiger partial charge < -0.3 is 5.11 Å². The van der Waals surface area contributed by atoms with Crippen molar-refractivity contribution in [3.63, 3.8) is 0 Å². The normalized spacial score (nSPS) is 13.6. The van der Waals surface area contributed by atoms with Gasteiger partial charge in [0.2, 0.25) is 10.0 Å². The van der Waals surface area contributed by atoms with E-state index in [0.717, 1.165) is 6.42 Å². The smallest absolute Gasteiger partial charge is 0.225 e. The van der Waals surface area contributed by atoms with Gasteiger partial charge in [0.25, 0.3) is 0 Å². The van der Waals surface area contributed by atoms with Crippen LogP contribution in [0.4, 0.5) is 0 Å². The molecule has 0 rings (SSSR count). The molecule has 1 unspecified atom stereocenters. The maximum Gasteiger partial charge on any atom is 0.225 e. The van der Waals surface area contributed by atoms with Crippen LogP contribution in [0.3, 0.4) is 0 Å². The number of sulfonamides is 1. The molecule has 1 atom stereocenters. The molecule has 0 heterocycles. The summed E-state index contributed by atoms with van der Waals surface area (Å²) in [5.74, 6) is -0.564. The van der Waals surface area contributed by atoms with Crippen molar-refractivity contribution in [2.75, 3.05) is 12.3 Å². The molecule has 5 nitrogen and oxygen atoms in total.